The van der Waals surface area contributed by atoms with Crippen molar-refractivity contribution in [2.45, 2.75) is 0 Å². The lowest BCUT2D eigenvalue weighted by atomic mass is 10.2. The average molecular weight is 455 g/mol. The summed E-state index contributed by atoms with van der Waals surface area (Å²) in [7, 11) is 0. The number of carbonyl (C=O) groups excluding carboxylic acids is 1. The summed E-state index contributed by atoms with van der Waals surface area (Å²) in [5, 5.41) is 6.74. The standard InChI is InChI=1S/C21H13BrF2N4O/c22-14-7-5-13(6-8-14)20-26-19(21(29)25-18-4-2-1-3-17(18)24)27-28(20)16-11-9-15(23)10-12-16/h1-12H,(H,25,29). The van der Waals surface area contributed by atoms with Crippen molar-refractivity contribution < 1.29 is 13.6 Å². The van der Waals surface area contributed by atoms with Crippen LogP contribution in [0.5, 0.6) is 0 Å². The minimum Gasteiger partial charge on any atom is -0.317 e. The SMILES string of the molecule is O=C(Nc1ccccc1F)c1nc(-c2ccc(Br)cc2)n(-c2ccc(F)cc2)n1. The van der Waals surface area contributed by atoms with Crippen LogP contribution >= 0.6 is 15.9 Å². The van der Waals surface area contributed by atoms with Gasteiger partial charge in [0.2, 0.25) is 5.82 Å². The highest BCUT2D eigenvalue weighted by Crippen LogP contribution is 2.24. The highest BCUT2D eigenvalue weighted by Gasteiger charge is 2.20. The molecule has 0 aliphatic rings. The van der Waals surface area contributed by atoms with Crippen molar-refractivity contribution in [1.82, 2.24) is 14.8 Å². The molecule has 0 saturated carbocycles. The summed E-state index contributed by atoms with van der Waals surface area (Å²) in [5.74, 6) is -1.36. The number of aromatic nitrogens is 3. The van der Waals surface area contributed by atoms with E-state index in [1.807, 2.05) is 24.3 Å². The highest BCUT2D eigenvalue weighted by atomic mass is 79.9. The van der Waals surface area contributed by atoms with Crippen LogP contribution in [-0.2, 0) is 0 Å². The van der Waals surface area contributed by atoms with E-state index in [0.29, 0.717) is 17.1 Å². The van der Waals surface area contributed by atoms with E-state index in [1.54, 1.807) is 6.07 Å². The summed E-state index contributed by atoms with van der Waals surface area (Å²) >= 11 is 3.38. The molecule has 1 amide bonds. The molecule has 1 aromatic heterocycles. The van der Waals surface area contributed by atoms with E-state index in [9.17, 15) is 13.6 Å². The Kier molecular flexibility index (Phi) is 5.18. The molecule has 0 aliphatic heterocycles. The van der Waals surface area contributed by atoms with E-state index in [1.165, 1.54) is 47.1 Å². The Balaban J connectivity index is 1.76. The minimum absolute atomic E-state index is 0.0285. The Hall–Kier alpha value is -3.39. The molecule has 8 heteroatoms. The zero-order valence-corrected chi connectivity index (χ0v) is 16.4. The van der Waals surface area contributed by atoms with Crippen molar-refractivity contribution in [3.63, 3.8) is 0 Å². The molecule has 0 spiro atoms. The van der Waals surface area contributed by atoms with Crippen LogP contribution in [0.1, 0.15) is 10.6 Å². The fourth-order valence-electron chi connectivity index (χ4n) is 2.70. The Labute approximate surface area is 173 Å². The van der Waals surface area contributed by atoms with Crippen LogP contribution in [0.4, 0.5) is 14.5 Å². The molecule has 0 bridgehead atoms. The van der Waals surface area contributed by atoms with Crippen LogP contribution in [0.25, 0.3) is 17.1 Å². The van der Waals surface area contributed by atoms with Crippen molar-refractivity contribution in [3.05, 3.63) is 94.7 Å². The number of para-hydroxylation sites is 1. The van der Waals surface area contributed by atoms with Crippen molar-refractivity contribution >= 4 is 27.5 Å². The number of carbonyl (C=O) groups is 1. The molecule has 0 atom stereocenters. The van der Waals surface area contributed by atoms with Crippen LogP contribution in [0, 0.1) is 11.6 Å². The number of rotatable bonds is 4. The van der Waals surface area contributed by atoms with Gasteiger partial charge in [-0.1, -0.05) is 40.2 Å². The number of benzene rings is 3. The summed E-state index contributed by atoms with van der Waals surface area (Å²) in [5.41, 5.74) is 1.26. The smallest absolute Gasteiger partial charge is 0.295 e. The van der Waals surface area contributed by atoms with E-state index in [0.717, 1.165) is 4.47 Å². The first-order valence-corrected chi connectivity index (χ1v) is 9.35. The first-order valence-electron chi connectivity index (χ1n) is 8.56. The first-order chi connectivity index (χ1) is 14.0. The van der Waals surface area contributed by atoms with Crippen molar-refractivity contribution in [2.75, 3.05) is 5.32 Å². The van der Waals surface area contributed by atoms with Crippen molar-refractivity contribution in [2.24, 2.45) is 0 Å². The number of hydrogen-bond acceptors (Lipinski definition) is 3. The van der Waals surface area contributed by atoms with Gasteiger partial charge in [-0.3, -0.25) is 4.79 Å². The Morgan fingerprint density at radius 1 is 0.931 bits per heavy atom. The number of halogens is 3. The van der Waals surface area contributed by atoms with Crippen LogP contribution in [0.15, 0.2) is 77.3 Å². The van der Waals surface area contributed by atoms with Gasteiger partial charge in [-0.05, 0) is 48.5 Å². The summed E-state index contributed by atoms with van der Waals surface area (Å²) in [6.45, 7) is 0. The molecule has 1 heterocycles. The lowest BCUT2D eigenvalue weighted by Crippen LogP contribution is -2.15. The van der Waals surface area contributed by atoms with E-state index in [2.05, 4.69) is 31.3 Å². The van der Waals surface area contributed by atoms with Crippen molar-refractivity contribution in [3.8, 4) is 17.1 Å². The molecule has 5 nitrogen and oxygen atoms in total. The number of anilines is 1. The van der Waals surface area contributed by atoms with Crippen LogP contribution in [0.2, 0.25) is 0 Å². The van der Waals surface area contributed by atoms with E-state index < -0.39 is 17.5 Å². The molecule has 0 saturated heterocycles. The van der Waals surface area contributed by atoms with Crippen LogP contribution < -0.4 is 5.32 Å². The summed E-state index contributed by atoms with van der Waals surface area (Å²) < 4.78 is 29.5. The normalized spacial score (nSPS) is 10.7. The maximum Gasteiger partial charge on any atom is 0.295 e. The van der Waals surface area contributed by atoms with Crippen LogP contribution in [0.3, 0.4) is 0 Å². The van der Waals surface area contributed by atoms with E-state index in [4.69, 9.17) is 0 Å². The molecule has 4 rings (SSSR count). The third kappa shape index (κ3) is 4.07. The molecule has 4 aromatic rings. The summed E-state index contributed by atoms with van der Waals surface area (Å²) in [6, 6.07) is 18.8. The summed E-state index contributed by atoms with van der Waals surface area (Å²) in [4.78, 5) is 17.0. The Morgan fingerprint density at radius 3 is 2.31 bits per heavy atom. The predicted octanol–water partition coefficient (Wildman–Crippen LogP) is 5.23. The third-order valence-electron chi connectivity index (χ3n) is 4.11. The van der Waals surface area contributed by atoms with E-state index in [-0.39, 0.29) is 11.5 Å². The Bertz CT molecular complexity index is 1110. The lowest BCUT2D eigenvalue weighted by molar-refractivity contribution is 0.101. The zero-order valence-electron chi connectivity index (χ0n) is 14.8. The highest BCUT2D eigenvalue weighted by molar-refractivity contribution is 9.10. The second-order valence-corrected chi connectivity index (χ2v) is 7.00. The third-order valence-corrected chi connectivity index (χ3v) is 4.63. The monoisotopic (exact) mass is 454 g/mol. The molecular formula is C21H13BrF2N4O. The van der Waals surface area contributed by atoms with Gasteiger partial charge >= 0.3 is 0 Å². The average Bonchev–Trinajstić information content (AvgIpc) is 3.16. The molecule has 144 valence electrons. The van der Waals surface area contributed by atoms with Crippen molar-refractivity contribution in [1.29, 1.82) is 0 Å². The van der Waals surface area contributed by atoms with Gasteiger partial charge in [0.1, 0.15) is 11.6 Å². The van der Waals surface area contributed by atoms with Gasteiger partial charge in [-0.2, -0.15) is 0 Å². The van der Waals surface area contributed by atoms with Gasteiger partial charge in [-0.15, -0.1) is 5.10 Å². The van der Waals surface area contributed by atoms with E-state index >= 15 is 0 Å². The quantitative estimate of drug-likeness (QED) is 0.459. The van der Waals surface area contributed by atoms with Gasteiger partial charge < -0.3 is 5.32 Å². The molecule has 0 unspecified atom stereocenters. The predicted molar refractivity (Wildman–Crippen MR) is 109 cm³/mol. The number of nitrogens with zero attached hydrogens (tertiary/aromatic N) is 3. The number of hydrogen-bond donors (Lipinski definition) is 1. The molecule has 3 aromatic carbocycles. The summed E-state index contributed by atoms with van der Waals surface area (Å²) in [6.07, 6.45) is 0. The molecule has 0 aliphatic carbocycles. The molecule has 1 N–H and O–H groups in total. The van der Waals surface area contributed by atoms with Gasteiger partial charge in [0.15, 0.2) is 5.82 Å². The van der Waals surface area contributed by atoms with Gasteiger partial charge in [0.05, 0.1) is 11.4 Å². The fourth-order valence-corrected chi connectivity index (χ4v) is 2.96. The minimum atomic E-state index is -0.658. The maximum absolute atomic E-state index is 13.9. The number of nitrogens with one attached hydrogen (secondary N) is 1. The molecule has 0 radical (unpaired) electrons. The van der Waals surface area contributed by atoms with Gasteiger partial charge in [-0.25, -0.2) is 18.4 Å². The molecule has 0 fully saturated rings. The largest absolute Gasteiger partial charge is 0.317 e. The molecular weight excluding hydrogens is 442 g/mol. The molecule has 29 heavy (non-hydrogen) atoms. The lowest BCUT2D eigenvalue weighted by Gasteiger charge is -2.06. The van der Waals surface area contributed by atoms with Gasteiger partial charge in [0, 0.05) is 10.0 Å². The Morgan fingerprint density at radius 2 is 1.62 bits per heavy atom. The maximum atomic E-state index is 13.9. The second-order valence-electron chi connectivity index (χ2n) is 6.09. The fraction of sp³-hybridized carbons (Fsp3) is 0. The van der Waals surface area contributed by atoms with Crippen LogP contribution in [-0.4, -0.2) is 20.7 Å². The topological polar surface area (TPSA) is 59.8 Å². The van der Waals surface area contributed by atoms with Gasteiger partial charge in [0.25, 0.3) is 5.91 Å². The number of amides is 1. The second kappa shape index (κ2) is 7.92. The first kappa shape index (κ1) is 18.9. The zero-order chi connectivity index (χ0) is 20.4.